The molecule has 4 nitrogen and oxygen atoms in total. The molecule has 0 atom stereocenters. The summed E-state index contributed by atoms with van der Waals surface area (Å²) < 4.78 is 4.02. The number of hydrogen-bond donors (Lipinski definition) is 1. The van der Waals surface area contributed by atoms with Gasteiger partial charge in [0.25, 0.3) is 0 Å². The van der Waals surface area contributed by atoms with Crippen molar-refractivity contribution in [3.8, 4) is 0 Å². The summed E-state index contributed by atoms with van der Waals surface area (Å²) in [5, 5.41) is 4.17. The van der Waals surface area contributed by atoms with Gasteiger partial charge in [-0.05, 0) is 24.0 Å². The van der Waals surface area contributed by atoms with E-state index in [4.69, 9.17) is 5.73 Å². The van der Waals surface area contributed by atoms with Crippen molar-refractivity contribution in [1.29, 1.82) is 0 Å². The molecule has 0 amide bonds. The van der Waals surface area contributed by atoms with Crippen LogP contribution in [0.5, 0.6) is 0 Å². The fourth-order valence-corrected chi connectivity index (χ4v) is 2.34. The van der Waals surface area contributed by atoms with Crippen LogP contribution >= 0.6 is 11.5 Å². The number of nitrogens with two attached hydrogens (primary N) is 1. The van der Waals surface area contributed by atoms with E-state index in [0.29, 0.717) is 12.5 Å². The third-order valence-corrected chi connectivity index (χ3v) is 3.11. The molecular weight excluding hydrogens is 208 g/mol. The van der Waals surface area contributed by atoms with Crippen molar-refractivity contribution in [2.24, 2.45) is 5.73 Å². The second-order valence-corrected chi connectivity index (χ2v) is 4.73. The molecular formula is C10H20N4S. The molecule has 0 fully saturated rings. The highest BCUT2D eigenvalue weighted by atomic mass is 32.1. The zero-order valence-electron chi connectivity index (χ0n) is 9.73. The Labute approximate surface area is 95.6 Å². The zero-order valence-corrected chi connectivity index (χ0v) is 10.5. The van der Waals surface area contributed by atoms with Crippen LogP contribution in [0.4, 0.5) is 0 Å². The molecule has 1 heterocycles. The lowest BCUT2D eigenvalue weighted by molar-refractivity contribution is 0.289. The fraction of sp³-hybridized carbons (Fsp3) is 0.800. The maximum atomic E-state index is 5.56. The maximum absolute atomic E-state index is 5.56. The van der Waals surface area contributed by atoms with Gasteiger partial charge in [-0.2, -0.15) is 0 Å². The molecule has 0 radical (unpaired) electrons. The number of rotatable bonds is 6. The minimum atomic E-state index is 0.454. The molecule has 1 aromatic heterocycles. The van der Waals surface area contributed by atoms with Gasteiger partial charge in [0.2, 0.25) is 0 Å². The largest absolute Gasteiger partial charge is 0.329 e. The van der Waals surface area contributed by atoms with Gasteiger partial charge < -0.3 is 5.73 Å². The molecule has 1 rings (SSSR count). The van der Waals surface area contributed by atoms with Gasteiger partial charge in [-0.25, -0.2) is 0 Å². The summed E-state index contributed by atoms with van der Waals surface area (Å²) in [5.74, 6) is 0.454. The van der Waals surface area contributed by atoms with Crippen molar-refractivity contribution in [1.82, 2.24) is 14.5 Å². The van der Waals surface area contributed by atoms with Crippen LogP contribution in [0, 0.1) is 0 Å². The summed E-state index contributed by atoms with van der Waals surface area (Å²) in [6.07, 6.45) is 0. The van der Waals surface area contributed by atoms with Gasteiger partial charge in [-0.15, -0.1) is 5.10 Å². The smallest absolute Gasteiger partial charge is 0.0826 e. The van der Waals surface area contributed by atoms with Crippen LogP contribution in [0.25, 0.3) is 0 Å². The highest BCUT2D eigenvalue weighted by molar-refractivity contribution is 7.05. The van der Waals surface area contributed by atoms with E-state index in [0.717, 1.165) is 25.3 Å². The summed E-state index contributed by atoms with van der Waals surface area (Å²) in [4.78, 5) is 3.60. The molecule has 1 aromatic rings. The average molecular weight is 228 g/mol. The predicted molar refractivity (Wildman–Crippen MR) is 64.0 cm³/mol. The Bertz CT molecular complexity index is 285. The summed E-state index contributed by atoms with van der Waals surface area (Å²) >= 11 is 1.50. The van der Waals surface area contributed by atoms with Gasteiger partial charge in [-0.3, -0.25) is 4.90 Å². The molecule has 5 heteroatoms. The lowest BCUT2D eigenvalue weighted by Gasteiger charge is -2.18. The Morgan fingerprint density at radius 1 is 1.47 bits per heavy atom. The van der Waals surface area contributed by atoms with Crippen LogP contribution in [0.15, 0.2) is 0 Å². The Kier molecular flexibility index (Phi) is 5.14. The first kappa shape index (κ1) is 12.5. The minimum Gasteiger partial charge on any atom is -0.329 e. The molecule has 0 saturated heterocycles. The highest BCUT2D eigenvalue weighted by Gasteiger charge is 2.13. The Hall–Kier alpha value is -0.520. The van der Waals surface area contributed by atoms with E-state index < -0.39 is 0 Å². The minimum absolute atomic E-state index is 0.454. The van der Waals surface area contributed by atoms with Gasteiger partial charge in [0.15, 0.2) is 0 Å². The molecule has 0 unspecified atom stereocenters. The molecule has 2 N–H and O–H groups in total. The van der Waals surface area contributed by atoms with E-state index in [1.54, 1.807) is 0 Å². The molecule has 15 heavy (non-hydrogen) atoms. The molecule has 0 aliphatic heterocycles. The van der Waals surface area contributed by atoms with E-state index in [-0.39, 0.29) is 0 Å². The Morgan fingerprint density at radius 2 is 2.20 bits per heavy atom. The molecule has 0 aliphatic carbocycles. The van der Waals surface area contributed by atoms with Crippen molar-refractivity contribution in [2.45, 2.75) is 33.2 Å². The van der Waals surface area contributed by atoms with E-state index in [9.17, 15) is 0 Å². The van der Waals surface area contributed by atoms with E-state index in [2.05, 4.69) is 35.3 Å². The molecule has 0 spiro atoms. The number of aromatic nitrogens is 2. The quantitative estimate of drug-likeness (QED) is 0.800. The number of nitrogens with zero attached hydrogens (tertiary/aromatic N) is 3. The molecule has 86 valence electrons. The van der Waals surface area contributed by atoms with E-state index in [1.165, 1.54) is 16.4 Å². The van der Waals surface area contributed by atoms with Crippen molar-refractivity contribution in [3.05, 3.63) is 10.6 Å². The van der Waals surface area contributed by atoms with Crippen LogP contribution in [0.1, 0.15) is 37.3 Å². The number of likely N-dealkylation sites (N-methyl/N-ethyl adjacent to an activating group) is 1. The van der Waals surface area contributed by atoms with Crippen LogP contribution in [0.3, 0.4) is 0 Å². The van der Waals surface area contributed by atoms with Gasteiger partial charge in [0.05, 0.1) is 10.6 Å². The van der Waals surface area contributed by atoms with Gasteiger partial charge in [0, 0.05) is 19.6 Å². The second kappa shape index (κ2) is 6.15. The first-order chi connectivity index (χ1) is 7.19. The van der Waals surface area contributed by atoms with Crippen molar-refractivity contribution in [3.63, 3.8) is 0 Å². The monoisotopic (exact) mass is 228 g/mol. The van der Waals surface area contributed by atoms with Crippen LogP contribution in [-0.4, -0.2) is 34.1 Å². The van der Waals surface area contributed by atoms with Crippen molar-refractivity contribution < 1.29 is 0 Å². The van der Waals surface area contributed by atoms with E-state index >= 15 is 0 Å². The summed E-state index contributed by atoms with van der Waals surface area (Å²) in [7, 11) is 0. The van der Waals surface area contributed by atoms with Gasteiger partial charge >= 0.3 is 0 Å². The van der Waals surface area contributed by atoms with Crippen molar-refractivity contribution >= 4 is 11.5 Å². The standard InChI is InChI=1S/C10H20N4S/c1-4-14(6-5-11)7-9-10(8(2)3)12-13-15-9/h8H,4-7,11H2,1-3H3. The summed E-state index contributed by atoms with van der Waals surface area (Å²) in [6.45, 7) is 10.0. The van der Waals surface area contributed by atoms with Crippen LogP contribution in [-0.2, 0) is 6.54 Å². The summed E-state index contributed by atoms with van der Waals surface area (Å²) in [5.41, 5.74) is 6.70. The van der Waals surface area contributed by atoms with E-state index in [1.807, 2.05) is 0 Å². The molecule has 0 aromatic carbocycles. The fourth-order valence-electron chi connectivity index (χ4n) is 1.50. The number of hydrogen-bond acceptors (Lipinski definition) is 5. The Balaban J connectivity index is 2.65. The first-order valence-electron chi connectivity index (χ1n) is 5.42. The molecule has 0 saturated carbocycles. The lowest BCUT2D eigenvalue weighted by atomic mass is 10.1. The van der Waals surface area contributed by atoms with Crippen molar-refractivity contribution in [2.75, 3.05) is 19.6 Å². The van der Waals surface area contributed by atoms with Gasteiger partial charge in [-0.1, -0.05) is 25.3 Å². The van der Waals surface area contributed by atoms with Crippen LogP contribution in [0.2, 0.25) is 0 Å². The average Bonchev–Trinajstić information content (AvgIpc) is 2.65. The van der Waals surface area contributed by atoms with Gasteiger partial charge in [0.1, 0.15) is 0 Å². The lowest BCUT2D eigenvalue weighted by Crippen LogP contribution is -2.28. The summed E-state index contributed by atoms with van der Waals surface area (Å²) in [6, 6.07) is 0. The third kappa shape index (κ3) is 3.52. The third-order valence-electron chi connectivity index (χ3n) is 2.39. The zero-order chi connectivity index (χ0) is 11.3. The first-order valence-corrected chi connectivity index (χ1v) is 6.19. The Morgan fingerprint density at radius 3 is 2.73 bits per heavy atom. The SMILES string of the molecule is CCN(CCN)Cc1snnc1C(C)C. The topological polar surface area (TPSA) is 55.0 Å². The van der Waals surface area contributed by atoms with Crippen LogP contribution < -0.4 is 5.73 Å². The molecule has 0 bridgehead atoms. The normalized spacial score (nSPS) is 11.6. The maximum Gasteiger partial charge on any atom is 0.0826 e. The predicted octanol–water partition coefficient (Wildman–Crippen LogP) is 1.44. The highest BCUT2D eigenvalue weighted by Crippen LogP contribution is 2.20. The molecule has 0 aliphatic rings. The second-order valence-electron chi connectivity index (χ2n) is 3.89.